The van der Waals surface area contributed by atoms with Crippen LogP contribution in [0.2, 0.25) is 0 Å². The van der Waals surface area contributed by atoms with Gasteiger partial charge in [0, 0.05) is 0 Å². The Morgan fingerprint density at radius 3 is 1.22 bits per heavy atom. The van der Waals surface area contributed by atoms with Crippen LogP contribution in [-0.2, 0) is 13.4 Å². The van der Waals surface area contributed by atoms with E-state index in [1.54, 1.807) is 0 Å². The van der Waals surface area contributed by atoms with E-state index in [4.69, 9.17) is 0 Å². The van der Waals surface area contributed by atoms with E-state index in [-0.39, 0.29) is 103 Å². The van der Waals surface area contributed by atoms with E-state index in [1.165, 1.54) is 0 Å². The molecule has 0 radical (unpaired) electrons. The molecule has 0 aliphatic heterocycles. The van der Waals surface area contributed by atoms with Gasteiger partial charge in [-0.2, -0.15) is 0 Å². The summed E-state index contributed by atoms with van der Waals surface area (Å²) in [4.78, 5) is 18.5. The maximum Gasteiger partial charge on any atom is 1.00 e. The second-order valence-corrected chi connectivity index (χ2v) is 2.08. The quantitative estimate of drug-likeness (QED) is 0.341. The first-order valence-corrected chi connectivity index (χ1v) is 3.29. The normalized spacial score (nSPS) is 10.4. The first-order chi connectivity index (χ1) is 3.13. The molecular formula is K2O5P2+2. The predicted molar refractivity (Wildman–Crippen MR) is 16.3 cm³/mol. The standard InChI is InChI=1S/2K.O5P2/c;;1-6(2)5-7(3)4/q2*+1;. The van der Waals surface area contributed by atoms with Crippen molar-refractivity contribution in [2.75, 3.05) is 0 Å². The van der Waals surface area contributed by atoms with Crippen molar-refractivity contribution in [3.8, 4) is 0 Å². The van der Waals surface area contributed by atoms with E-state index >= 15 is 0 Å². The molecule has 0 aromatic rings. The van der Waals surface area contributed by atoms with Crippen LogP contribution in [0.1, 0.15) is 0 Å². The van der Waals surface area contributed by atoms with Gasteiger partial charge in [-0.25, -0.2) is 0 Å². The van der Waals surface area contributed by atoms with Crippen molar-refractivity contribution in [1.29, 1.82) is 0 Å². The van der Waals surface area contributed by atoms with E-state index in [2.05, 4.69) is 4.31 Å². The molecule has 0 aliphatic carbocycles. The molecule has 0 aromatic carbocycles. The Hall–Kier alpha value is 3.35. The van der Waals surface area contributed by atoms with Crippen molar-refractivity contribution in [3.63, 3.8) is 0 Å². The number of hydrogen-bond acceptors (Lipinski definition) is 5. The van der Waals surface area contributed by atoms with Crippen LogP contribution in [0.15, 0.2) is 0 Å². The molecule has 0 N–H and O–H groups in total. The van der Waals surface area contributed by atoms with Crippen LogP contribution in [0.4, 0.5) is 0 Å². The Morgan fingerprint density at radius 2 is 1.22 bits per heavy atom. The first kappa shape index (κ1) is 18.2. The van der Waals surface area contributed by atoms with Gasteiger partial charge in [-0.3, -0.25) is 0 Å². The van der Waals surface area contributed by atoms with Gasteiger partial charge in [0.2, 0.25) is 0 Å². The zero-order valence-corrected chi connectivity index (χ0v) is 13.0. The summed E-state index contributed by atoms with van der Waals surface area (Å²) in [6, 6.07) is 0. The summed E-state index contributed by atoms with van der Waals surface area (Å²) in [6.07, 6.45) is 0. The van der Waals surface area contributed by atoms with Gasteiger partial charge in [-0.05, 0) is 9.13 Å². The molecule has 0 aromatic heterocycles. The van der Waals surface area contributed by atoms with Gasteiger partial charge in [0.15, 0.2) is 0 Å². The Morgan fingerprint density at radius 1 is 1.00 bits per heavy atom. The molecule has 0 bridgehead atoms. The van der Waals surface area contributed by atoms with Gasteiger partial charge in [-0.1, -0.05) is 0 Å². The molecule has 5 nitrogen and oxygen atoms in total. The van der Waals surface area contributed by atoms with Crippen LogP contribution in [0.5, 0.6) is 0 Å². The molecule has 0 saturated heterocycles. The Bertz CT molecular complexity index is 89.1. The predicted octanol–water partition coefficient (Wildman–Crippen LogP) is -6.95. The fourth-order valence-electron chi connectivity index (χ4n) is 0.0544. The van der Waals surface area contributed by atoms with E-state index in [0.29, 0.717) is 0 Å². The fraction of sp³-hybridized carbons (Fsp3) is 0. The minimum absolute atomic E-state index is 0. The van der Waals surface area contributed by atoms with E-state index in [0.717, 1.165) is 0 Å². The first-order valence-electron chi connectivity index (χ1n) is 1.10. The van der Waals surface area contributed by atoms with E-state index in [1.807, 2.05) is 0 Å². The zero-order chi connectivity index (χ0) is 5.86. The molecule has 9 heavy (non-hydrogen) atoms. The Kier molecular flexibility index (Phi) is 23.0. The molecule has 0 amide bonds. The summed E-state index contributed by atoms with van der Waals surface area (Å²) in [5.74, 6) is 0. The third-order valence-electron chi connectivity index (χ3n) is 0.133. The van der Waals surface area contributed by atoms with Crippen molar-refractivity contribution in [3.05, 3.63) is 0 Å². The maximum atomic E-state index is 9.24. The Balaban J connectivity index is -0.000000180. The minimum Gasteiger partial charge on any atom is -0.563 e. The summed E-state index contributed by atoms with van der Waals surface area (Å²) >= 11 is 0. The van der Waals surface area contributed by atoms with Crippen molar-refractivity contribution < 1.29 is 126 Å². The van der Waals surface area contributed by atoms with Gasteiger partial charge in [-0.15, -0.1) is 0 Å². The maximum absolute atomic E-state index is 9.24. The molecule has 0 aliphatic rings. The van der Waals surface area contributed by atoms with Crippen LogP contribution in [0, 0.1) is 0 Å². The van der Waals surface area contributed by atoms with Crippen LogP contribution in [-0.4, -0.2) is 0 Å². The van der Waals surface area contributed by atoms with Crippen LogP contribution < -0.4 is 113 Å². The number of hydrogen-bond donors (Lipinski definition) is 0. The third-order valence-corrected chi connectivity index (χ3v) is 1.20. The second kappa shape index (κ2) is 11.4. The van der Waals surface area contributed by atoms with Gasteiger partial charge in [0.1, 0.15) is 4.31 Å². The van der Waals surface area contributed by atoms with Gasteiger partial charge in [0.05, 0.1) is 0 Å². The molecular weight excluding hydrogens is 220 g/mol. The van der Waals surface area contributed by atoms with Gasteiger partial charge >= 0.3 is 119 Å². The molecule has 0 saturated carbocycles. The summed E-state index contributed by atoms with van der Waals surface area (Å²) in [7, 11) is -6.47. The summed E-state index contributed by atoms with van der Waals surface area (Å²) in [5, 5.41) is 0. The molecule has 9 heteroatoms. The second-order valence-electron chi connectivity index (χ2n) is 0.529. The monoisotopic (exact) mass is 220 g/mol. The summed E-state index contributed by atoms with van der Waals surface area (Å²) in [6.45, 7) is 0. The van der Waals surface area contributed by atoms with Gasteiger partial charge < -0.3 is 9.79 Å². The molecule has 0 spiro atoms. The summed E-state index contributed by atoms with van der Waals surface area (Å²) < 4.78 is 21.6. The van der Waals surface area contributed by atoms with Crippen LogP contribution in [0.25, 0.3) is 0 Å². The van der Waals surface area contributed by atoms with Crippen LogP contribution in [0.3, 0.4) is 0 Å². The van der Waals surface area contributed by atoms with E-state index in [9.17, 15) is 18.9 Å². The average Bonchev–Trinajstić information content (AvgIpc) is 1.27. The topological polar surface area (TPSA) is 89.5 Å². The summed E-state index contributed by atoms with van der Waals surface area (Å²) in [5.41, 5.74) is 0. The van der Waals surface area contributed by atoms with Crippen molar-refractivity contribution >= 4 is 16.5 Å². The molecule has 0 fully saturated rings. The smallest absolute Gasteiger partial charge is 0.563 e. The third kappa shape index (κ3) is 18.4. The Labute approximate surface area is 139 Å². The molecule has 0 heterocycles. The van der Waals surface area contributed by atoms with Crippen molar-refractivity contribution in [1.82, 2.24) is 0 Å². The molecule has 2 atom stereocenters. The zero-order valence-electron chi connectivity index (χ0n) is 4.94. The minimum atomic E-state index is -3.24. The fourth-order valence-corrected chi connectivity index (χ4v) is 0.490. The van der Waals surface area contributed by atoms with Crippen molar-refractivity contribution in [2.24, 2.45) is 0 Å². The number of rotatable bonds is 2. The van der Waals surface area contributed by atoms with Crippen molar-refractivity contribution in [2.45, 2.75) is 0 Å². The molecule has 40 valence electrons. The SMILES string of the molecule is O=[P+]([O-])O[P+](=O)[O-].[K+].[K+]. The largest absolute Gasteiger partial charge is 1.00 e. The molecule has 0 rings (SSSR count). The van der Waals surface area contributed by atoms with Gasteiger partial charge in [0.25, 0.3) is 0 Å². The molecule has 2 unspecified atom stereocenters. The van der Waals surface area contributed by atoms with E-state index < -0.39 is 16.5 Å². The van der Waals surface area contributed by atoms with Crippen LogP contribution >= 0.6 is 16.5 Å². The average molecular weight is 220 g/mol.